The van der Waals surface area contributed by atoms with E-state index in [4.69, 9.17) is 5.11 Å². The SMILES string of the molecule is CS(=O)(=O)c1occc1C(=O)O. The summed E-state index contributed by atoms with van der Waals surface area (Å²) in [4.78, 5) is 10.4. The molecular weight excluding hydrogens is 184 g/mol. The van der Waals surface area contributed by atoms with E-state index in [1.165, 1.54) is 0 Å². The Labute approximate surface area is 68.5 Å². The van der Waals surface area contributed by atoms with Gasteiger partial charge < -0.3 is 9.52 Å². The lowest BCUT2D eigenvalue weighted by Crippen LogP contribution is -2.04. The number of carboxylic acids is 1. The van der Waals surface area contributed by atoms with Gasteiger partial charge in [-0.2, -0.15) is 0 Å². The van der Waals surface area contributed by atoms with Gasteiger partial charge >= 0.3 is 5.97 Å². The fraction of sp³-hybridized carbons (Fsp3) is 0.167. The van der Waals surface area contributed by atoms with Crippen molar-refractivity contribution in [3.05, 3.63) is 17.9 Å². The highest BCUT2D eigenvalue weighted by Crippen LogP contribution is 2.16. The van der Waals surface area contributed by atoms with Crippen LogP contribution in [0.2, 0.25) is 0 Å². The van der Waals surface area contributed by atoms with Crippen molar-refractivity contribution >= 4 is 15.8 Å². The van der Waals surface area contributed by atoms with E-state index >= 15 is 0 Å². The van der Waals surface area contributed by atoms with E-state index in [1.807, 2.05) is 0 Å². The van der Waals surface area contributed by atoms with Crippen molar-refractivity contribution in [2.24, 2.45) is 0 Å². The summed E-state index contributed by atoms with van der Waals surface area (Å²) in [7, 11) is -3.58. The number of carbonyl (C=O) groups is 1. The summed E-state index contributed by atoms with van der Waals surface area (Å²) in [5, 5.41) is 7.99. The lowest BCUT2D eigenvalue weighted by atomic mass is 10.3. The van der Waals surface area contributed by atoms with Gasteiger partial charge in [-0.1, -0.05) is 0 Å². The highest BCUT2D eigenvalue weighted by atomic mass is 32.2. The van der Waals surface area contributed by atoms with Crippen LogP contribution in [0.25, 0.3) is 0 Å². The molecule has 6 heteroatoms. The van der Waals surface area contributed by atoms with Gasteiger partial charge in [0.25, 0.3) is 0 Å². The number of hydrogen-bond donors (Lipinski definition) is 1. The number of hydrogen-bond acceptors (Lipinski definition) is 4. The molecule has 12 heavy (non-hydrogen) atoms. The molecule has 0 spiro atoms. The minimum Gasteiger partial charge on any atom is -0.478 e. The Balaban J connectivity index is 3.36. The van der Waals surface area contributed by atoms with E-state index in [0.717, 1.165) is 18.6 Å². The van der Waals surface area contributed by atoms with E-state index in [1.54, 1.807) is 0 Å². The maximum atomic E-state index is 10.9. The Hall–Kier alpha value is -1.30. The van der Waals surface area contributed by atoms with Crippen molar-refractivity contribution in [2.45, 2.75) is 5.09 Å². The predicted molar refractivity (Wildman–Crippen MR) is 38.8 cm³/mol. The van der Waals surface area contributed by atoms with Crippen molar-refractivity contribution in [3.8, 4) is 0 Å². The third-order valence-corrected chi connectivity index (χ3v) is 2.19. The van der Waals surface area contributed by atoms with Gasteiger partial charge in [-0.15, -0.1) is 0 Å². The number of sulfone groups is 1. The van der Waals surface area contributed by atoms with Gasteiger partial charge in [0.1, 0.15) is 5.56 Å². The molecule has 1 rings (SSSR count). The van der Waals surface area contributed by atoms with Gasteiger partial charge in [0, 0.05) is 6.26 Å². The van der Waals surface area contributed by atoms with E-state index in [9.17, 15) is 13.2 Å². The Morgan fingerprint density at radius 2 is 2.17 bits per heavy atom. The minimum atomic E-state index is -3.58. The summed E-state index contributed by atoms with van der Waals surface area (Å²) in [6, 6.07) is 1.10. The largest absolute Gasteiger partial charge is 0.478 e. The van der Waals surface area contributed by atoms with Gasteiger partial charge in [0.05, 0.1) is 6.26 Å². The van der Waals surface area contributed by atoms with E-state index in [2.05, 4.69) is 4.42 Å². The number of aromatic carboxylic acids is 1. The van der Waals surface area contributed by atoms with Crippen LogP contribution in [0.5, 0.6) is 0 Å². The quantitative estimate of drug-likeness (QED) is 0.728. The van der Waals surface area contributed by atoms with Crippen LogP contribution >= 0.6 is 0 Å². The lowest BCUT2D eigenvalue weighted by Gasteiger charge is -1.93. The second-order valence-electron chi connectivity index (χ2n) is 2.20. The third kappa shape index (κ3) is 1.48. The molecule has 0 saturated carbocycles. The average molecular weight is 190 g/mol. The normalized spacial score (nSPS) is 11.4. The van der Waals surface area contributed by atoms with Gasteiger partial charge in [0.15, 0.2) is 0 Å². The molecule has 0 bridgehead atoms. The molecule has 0 radical (unpaired) electrons. The zero-order valence-electron chi connectivity index (χ0n) is 6.14. The van der Waals surface area contributed by atoms with Crippen LogP contribution in [0.15, 0.2) is 21.8 Å². The lowest BCUT2D eigenvalue weighted by molar-refractivity contribution is 0.0690. The average Bonchev–Trinajstić information content (AvgIpc) is 2.30. The highest BCUT2D eigenvalue weighted by molar-refractivity contribution is 7.90. The molecule has 0 aliphatic carbocycles. The molecule has 5 nitrogen and oxygen atoms in total. The van der Waals surface area contributed by atoms with Crippen molar-refractivity contribution in [2.75, 3.05) is 6.26 Å². The predicted octanol–water partition coefficient (Wildman–Crippen LogP) is 0.381. The Kier molecular flexibility index (Phi) is 1.93. The van der Waals surface area contributed by atoms with Crippen molar-refractivity contribution < 1.29 is 22.7 Å². The minimum absolute atomic E-state index is 0.336. The third-order valence-electron chi connectivity index (χ3n) is 1.20. The molecule has 0 aliphatic rings. The molecule has 0 saturated heterocycles. The van der Waals surface area contributed by atoms with Crippen LogP contribution in [0.1, 0.15) is 10.4 Å². The molecule has 0 aliphatic heterocycles. The van der Waals surface area contributed by atoms with Crippen LogP contribution in [0.4, 0.5) is 0 Å². The summed E-state index contributed by atoms with van der Waals surface area (Å²) < 4.78 is 26.2. The van der Waals surface area contributed by atoms with Gasteiger partial charge in [-0.25, -0.2) is 13.2 Å². The number of furan rings is 1. The molecule has 0 aromatic carbocycles. The Morgan fingerprint density at radius 3 is 2.50 bits per heavy atom. The van der Waals surface area contributed by atoms with Crippen LogP contribution < -0.4 is 0 Å². The summed E-state index contributed by atoms with van der Waals surface area (Å²) >= 11 is 0. The maximum absolute atomic E-state index is 10.9. The van der Waals surface area contributed by atoms with Gasteiger partial charge in [-0.3, -0.25) is 0 Å². The highest BCUT2D eigenvalue weighted by Gasteiger charge is 2.21. The first-order valence-corrected chi connectivity index (χ1v) is 4.83. The molecule has 1 N–H and O–H groups in total. The Morgan fingerprint density at radius 1 is 1.58 bits per heavy atom. The first-order chi connectivity index (χ1) is 5.43. The van der Waals surface area contributed by atoms with Crippen molar-refractivity contribution in [1.82, 2.24) is 0 Å². The van der Waals surface area contributed by atoms with E-state index in [0.29, 0.717) is 0 Å². The van der Waals surface area contributed by atoms with Gasteiger partial charge in [-0.05, 0) is 6.07 Å². The second-order valence-corrected chi connectivity index (χ2v) is 4.11. The van der Waals surface area contributed by atoms with Crippen molar-refractivity contribution in [1.29, 1.82) is 0 Å². The first kappa shape index (κ1) is 8.79. The smallest absolute Gasteiger partial charge is 0.340 e. The summed E-state index contributed by atoms with van der Waals surface area (Å²) in [5.74, 6) is -1.32. The summed E-state index contributed by atoms with van der Waals surface area (Å²) in [5.41, 5.74) is -0.336. The standard InChI is InChI=1S/C6H6O5S/c1-12(9,10)6-4(5(7)8)2-3-11-6/h2-3H,1H3,(H,7,8). The maximum Gasteiger partial charge on any atom is 0.340 e. The van der Waals surface area contributed by atoms with Crippen LogP contribution in [-0.2, 0) is 9.84 Å². The molecule has 0 fully saturated rings. The molecule has 1 aromatic rings. The molecule has 1 aromatic heterocycles. The molecule has 0 atom stereocenters. The number of rotatable bonds is 2. The molecule has 0 unspecified atom stereocenters. The molecular formula is C6H6O5S. The molecule has 66 valence electrons. The zero-order chi connectivity index (χ0) is 9.35. The second kappa shape index (κ2) is 2.63. The first-order valence-electron chi connectivity index (χ1n) is 2.94. The number of carboxylic acid groups (broad SMARTS) is 1. The fourth-order valence-electron chi connectivity index (χ4n) is 0.741. The summed E-state index contributed by atoms with van der Waals surface area (Å²) in [6.07, 6.45) is 1.91. The van der Waals surface area contributed by atoms with Crippen molar-refractivity contribution in [3.63, 3.8) is 0 Å². The summed E-state index contributed by atoms with van der Waals surface area (Å²) in [6.45, 7) is 0. The van der Waals surface area contributed by atoms with E-state index in [-0.39, 0.29) is 5.56 Å². The van der Waals surface area contributed by atoms with E-state index < -0.39 is 20.9 Å². The molecule has 0 amide bonds. The van der Waals surface area contributed by atoms with Crippen LogP contribution in [0, 0.1) is 0 Å². The fourth-order valence-corrected chi connectivity index (χ4v) is 1.53. The van der Waals surface area contributed by atoms with Crippen LogP contribution in [-0.4, -0.2) is 25.7 Å². The molecule has 1 heterocycles. The topological polar surface area (TPSA) is 84.6 Å². The Bertz CT molecular complexity index is 399. The zero-order valence-corrected chi connectivity index (χ0v) is 6.96. The van der Waals surface area contributed by atoms with Crippen LogP contribution in [0.3, 0.4) is 0 Å². The van der Waals surface area contributed by atoms with Gasteiger partial charge in [0.2, 0.25) is 14.9 Å². The monoisotopic (exact) mass is 190 g/mol.